The summed E-state index contributed by atoms with van der Waals surface area (Å²) in [6, 6.07) is 18.9. The molecule has 0 fully saturated rings. The molecule has 5 aromatic rings. The maximum absolute atomic E-state index is 13.8. The molecule has 0 amide bonds. The number of fused-ring (bicyclic) bond motifs is 1. The van der Waals surface area contributed by atoms with Crippen LogP contribution in [0.2, 0.25) is 0 Å². The van der Waals surface area contributed by atoms with Gasteiger partial charge in [0.25, 0.3) is 10.2 Å². The summed E-state index contributed by atoms with van der Waals surface area (Å²) < 4.78 is 98.0. The first-order valence-electron chi connectivity index (χ1n) is 11.7. The van der Waals surface area contributed by atoms with Gasteiger partial charge in [0.05, 0.1) is 28.1 Å². The van der Waals surface area contributed by atoms with Crippen molar-refractivity contribution in [3.05, 3.63) is 101 Å². The molecule has 0 bridgehead atoms. The monoisotopic (exact) mass is 623 g/mol. The van der Waals surface area contributed by atoms with Crippen LogP contribution in [-0.4, -0.2) is 32.0 Å². The van der Waals surface area contributed by atoms with Crippen LogP contribution in [0.15, 0.2) is 77.2 Å². The number of sulfone groups is 1. The molecule has 1 unspecified atom stereocenters. The molecule has 0 aliphatic heterocycles. The quantitative estimate of drug-likeness (QED) is 0.245. The Hall–Kier alpha value is -3.70. The van der Waals surface area contributed by atoms with E-state index in [1.807, 2.05) is 47.2 Å². The molecular formula is C25H20F3N5O5S3. The lowest BCUT2D eigenvalue weighted by Gasteiger charge is -2.13. The third kappa shape index (κ3) is 6.79. The lowest BCUT2D eigenvalue weighted by atomic mass is 10.1. The Kier molecular flexibility index (Phi) is 7.69. The van der Waals surface area contributed by atoms with Crippen molar-refractivity contribution in [2.75, 3.05) is 0 Å². The van der Waals surface area contributed by atoms with E-state index in [1.165, 1.54) is 6.07 Å². The highest BCUT2D eigenvalue weighted by atomic mass is 32.2. The molecular weight excluding hydrogens is 604 g/mol. The first-order chi connectivity index (χ1) is 19.3. The van der Waals surface area contributed by atoms with Crippen LogP contribution in [0.5, 0.6) is 0 Å². The van der Waals surface area contributed by atoms with E-state index >= 15 is 0 Å². The van der Waals surface area contributed by atoms with E-state index in [0.29, 0.717) is 10.2 Å². The Balaban J connectivity index is 1.57. The molecule has 0 saturated carbocycles. The fraction of sp³-hybridized carbons (Fsp3) is 0.160. The molecule has 0 spiro atoms. The Bertz CT molecular complexity index is 1930. The number of hydrogen-bond acceptors (Lipinski definition) is 9. The minimum Gasteiger partial charge on any atom is -0.422 e. The number of nitrogens with zero attached hydrogens (tertiary/aromatic N) is 3. The van der Waals surface area contributed by atoms with Crippen LogP contribution >= 0.6 is 11.3 Å². The lowest BCUT2D eigenvalue weighted by molar-refractivity contribution is -0.137. The van der Waals surface area contributed by atoms with Gasteiger partial charge in [-0.2, -0.15) is 26.3 Å². The van der Waals surface area contributed by atoms with Gasteiger partial charge in [-0.1, -0.05) is 54.6 Å². The van der Waals surface area contributed by atoms with Crippen molar-refractivity contribution in [2.45, 2.75) is 23.7 Å². The summed E-state index contributed by atoms with van der Waals surface area (Å²) in [4.78, 5) is 4.48. The van der Waals surface area contributed by atoms with E-state index in [9.17, 15) is 30.0 Å². The Morgan fingerprint density at radius 1 is 0.927 bits per heavy atom. The molecule has 2 heterocycles. The zero-order valence-corrected chi connectivity index (χ0v) is 23.2. The minimum absolute atomic E-state index is 0.0480. The number of halogens is 3. The summed E-state index contributed by atoms with van der Waals surface area (Å²) in [5, 5.41) is 10.8. The summed E-state index contributed by atoms with van der Waals surface area (Å²) in [6.07, 6.45) is -4.67. The predicted molar refractivity (Wildman–Crippen MR) is 145 cm³/mol. The Morgan fingerprint density at radius 3 is 2.39 bits per heavy atom. The molecule has 1 atom stereocenters. The summed E-state index contributed by atoms with van der Waals surface area (Å²) in [7, 11) is -8.48. The minimum atomic E-state index is -4.67. The highest BCUT2D eigenvalue weighted by molar-refractivity contribution is 7.91. The van der Waals surface area contributed by atoms with Crippen molar-refractivity contribution in [3.8, 4) is 11.1 Å². The van der Waals surface area contributed by atoms with Crippen LogP contribution in [0.25, 0.3) is 21.3 Å². The standard InChI is InChI=1S/C25H20F3N5O5S3/c26-25(27,28)18-8-4-5-15(11-18)14-40(34,35)22(23-33-32-21(38-23)13-30-41(29,36)37)24-31-19-10-9-17(12-20(19)39-24)16-6-2-1-3-7-16/h1-12,22,30H,13-14H2,(H2,29,36,37). The SMILES string of the molecule is NS(=O)(=O)NCc1nnc(C(c2nc3ccc(-c4ccccc4)cc3s2)S(=O)(=O)Cc2cccc(C(F)(F)F)c2)o1. The highest BCUT2D eigenvalue weighted by Gasteiger charge is 2.38. The second-order valence-electron chi connectivity index (χ2n) is 8.89. The summed E-state index contributed by atoms with van der Waals surface area (Å²) in [6.45, 7) is -0.507. The summed E-state index contributed by atoms with van der Waals surface area (Å²) in [5.74, 6) is -1.49. The van der Waals surface area contributed by atoms with Gasteiger partial charge in [0.2, 0.25) is 11.8 Å². The third-order valence-electron chi connectivity index (χ3n) is 5.85. The number of nitrogens with two attached hydrogens (primary N) is 1. The largest absolute Gasteiger partial charge is 0.422 e. The topological polar surface area (TPSA) is 158 Å². The zero-order chi connectivity index (χ0) is 29.4. The lowest BCUT2D eigenvalue weighted by Crippen LogP contribution is -2.30. The maximum Gasteiger partial charge on any atom is 0.416 e. The van der Waals surface area contributed by atoms with Crippen molar-refractivity contribution < 1.29 is 34.4 Å². The van der Waals surface area contributed by atoms with Gasteiger partial charge in [-0.05, 0) is 34.9 Å². The van der Waals surface area contributed by atoms with Crippen molar-refractivity contribution in [1.29, 1.82) is 0 Å². The van der Waals surface area contributed by atoms with Crippen molar-refractivity contribution in [2.24, 2.45) is 5.14 Å². The van der Waals surface area contributed by atoms with E-state index in [1.54, 1.807) is 6.07 Å². The van der Waals surface area contributed by atoms with Crippen LogP contribution in [0.3, 0.4) is 0 Å². The van der Waals surface area contributed by atoms with E-state index in [2.05, 4.69) is 15.2 Å². The predicted octanol–water partition coefficient (Wildman–Crippen LogP) is 4.36. The Labute approximate surface area is 236 Å². The van der Waals surface area contributed by atoms with E-state index in [4.69, 9.17) is 9.56 Å². The number of aromatic nitrogens is 3. The first-order valence-corrected chi connectivity index (χ1v) is 15.8. The average molecular weight is 624 g/mol. The molecule has 0 aliphatic rings. The molecule has 10 nitrogen and oxygen atoms in total. The molecule has 2 aromatic heterocycles. The van der Waals surface area contributed by atoms with Gasteiger partial charge < -0.3 is 4.42 Å². The van der Waals surface area contributed by atoms with E-state index in [0.717, 1.165) is 40.7 Å². The molecule has 3 N–H and O–H groups in total. The average Bonchev–Trinajstić information content (AvgIpc) is 3.53. The highest BCUT2D eigenvalue weighted by Crippen LogP contribution is 2.38. The van der Waals surface area contributed by atoms with E-state index < -0.39 is 55.2 Å². The number of thiazole rings is 1. The molecule has 16 heteroatoms. The van der Waals surface area contributed by atoms with Crippen LogP contribution < -0.4 is 9.86 Å². The zero-order valence-electron chi connectivity index (χ0n) is 20.7. The molecule has 3 aromatic carbocycles. The molecule has 214 valence electrons. The molecule has 0 radical (unpaired) electrons. The first kappa shape index (κ1) is 28.8. The van der Waals surface area contributed by atoms with Gasteiger partial charge >= 0.3 is 6.18 Å². The van der Waals surface area contributed by atoms with Crippen LogP contribution in [0.4, 0.5) is 13.2 Å². The van der Waals surface area contributed by atoms with Crippen LogP contribution in [0, 0.1) is 0 Å². The number of rotatable bonds is 9. The van der Waals surface area contributed by atoms with Crippen molar-refractivity contribution >= 4 is 41.6 Å². The van der Waals surface area contributed by atoms with Crippen molar-refractivity contribution in [3.63, 3.8) is 0 Å². The second-order valence-corrected chi connectivity index (χ2v) is 13.4. The normalized spacial score (nSPS) is 13.5. The maximum atomic E-state index is 13.8. The Morgan fingerprint density at radius 2 is 1.68 bits per heavy atom. The number of nitrogens with one attached hydrogen (secondary N) is 1. The van der Waals surface area contributed by atoms with Gasteiger partial charge in [0.1, 0.15) is 5.01 Å². The fourth-order valence-corrected chi connectivity index (χ4v) is 7.50. The van der Waals surface area contributed by atoms with Gasteiger partial charge in [0.15, 0.2) is 15.1 Å². The number of benzene rings is 3. The molecule has 41 heavy (non-hydrogen) atoms. The number of hydrogen-bond donors (Lipinski definition) is 2. The van der Waals surface area contributed by atoms with Gasteiger partial charge in [-0.3, -0.25) is 0 Å². The number of alkyl halides is 3. The van der Waals surface area contributed by atoms with Crippen LogP contribution in [0.1, 0.15) is 33.2 Å². The smallest absolute Gasteiger partial charge is 0.416 e. The summed E-state index contributed by atoms with van der Waals surface area (Å²) in [5.41, 5.74) is 1.18. The van der Waals surface area contributed by atoms with E-state index in [-0.39, 0.29) is 16.5 Å². The van der Waals surface area contributed by atoms with Gasteiger partial charge in [0, 0.05) is 0 Å². The molecule has 0 saturated heterocycles. The fourth-order valence-electron chi connectivity index (χ4n) is 4.04. The van der Waals surface area contributed by atoms with Crippen molar-refractivity contribution in [1.82, 2.24) is 19.9 Å². The molecule has 5 rings (SSSR count). The second kappa shape index (κ2) is 10.9. The third-order valence-corrected chi connectivity index (χ3v) is 9.51. The van der Waals surface area contributed by atoms with Crippen LogP contribution in [-0.2, 0) is 38.5 Å². The summed E-state index contributed by atoms with van der Waals surface area (Å²) >= 11 is 1.05. The molecule has 0 aliphatic carbocycles. The van der Waals surface area contributed by atoms with Gasteiger partial charge in [-0.15, -0.1) is 21.5 Å². The van der Waals surface area contributed by atoms with Gasteiger partial charge in [-0.25, -0.2) is 18.5 Å².